The fourth-order valence-electron chi connectivity index (χ4n) is 3.21. The van der Waals surface area contributed by atoms with E-state index in [-0.39, 0.29) is 16.0 Å². The van der Waals surface area contributed by atoms with E-state index in [1.54, 1.807) is 54.6 Å². The quantitative estimate of drug-likeness (QED) is 0.456. The summed E-state index contributed by atoms with van der Waals surface area (Å²) in [6, 6.07) is 21.6. The van der Waals surface area contributed by atoms with Gasteiger partial charge in [0.2, 0.25) is 0 Å². The second kappa shape index (κ2) is 10.1. The number of hydrogen-bond acceptors (Lipinski definition) is 5. The monoisotopic (exact) mass is 467 g/mol. The third-order valence-electron chi connectivity index (χ3n) is 4.97. The molecule has 174 valence electrons. The summed E-state index contributed by atoms with van der Waals surface area (Å²) in [4.78, 5) is 13.2. The zero-order valence-corrected chi connectivity index (χ0v) is 20.1. The van der Waals surface area contributed by atoms with Crippen LogP contribution in [0.3, 0.4) is 0 Å². The van der Waals surface area contributed by atoms with Gasteiger partial charge in [-0.3, -0.25) is 4.79 Å². The number of rotatable bonds is 8. The second-order valence-corrected chi connectivity index (χ2v) is 10.3. The largest absolute Gasteiger partial charge is 0.494 e. The number of carbonyl (C=O) groups excluding carboxylic acids is 1. The number of amides is 1. The van der Waals surface area contributed by atoms with Crippen LogP contribution < -0.4 is 13.8 Å². The molecular weight excluding hydrogens is 438 g/mol. The van der Waals surface area contributed by atoms with E-state index >= 15 is 0 Å². The smallest absolute Gasteiger partial charge is 0.278 e. The van der Waals surface area contributed by atoms with Crippen molar-refractivity contribution in [3.05, 3.63) is 84.4 Å². The highest BCUT2D eigenvalue weighted by molar-refractivity contribution is 7.93. The summed E-state index contributed by atoms with van der Waals surface area (Å²) in [7, 11) is -4.15. The van der Waals surface area contributed by atoms with Crippen molar-refractivity contribution < 1.29 is 22.7 Å². The van der Waals surface area contributed by atoms with Crippen LogP contribution in [0.2, 0.25) is 0 Å². The molecule has 0 bridgehead atoms. The van der Waals surface area contributed by atoms with Crippen LogP contribution in [0.1, 0.15) is 33.3 Å². The molecule has 33 heavy (non-hydrogen) atoms. The molecule has 3 aromatic carbocycles. The van der Waals surface area contributed by atoms with Gasteiger partial charge in [0, 0.05) is 0 Å². The van der Waals surface area contributed by atoms with Gasteiger partial charge in [0.1, 0.15) is 11.5 Å². The molecule has 0 radical (unpaired) electrons. The van der Waals surface area contributed by atoms with Crippen LogP contribution in [-0.4, -0.2) is 27.5 Å². The third-order valence-corrected chi connectivity index (χ3v) is 6.74. The maximum absolute atomic E-state index is 13.4. The van der Waals surface area contributed by atoms with Gasteiger partial charge in [-0.1, -0.05) is 51.1 Å². The minimum atomic E-state index is -4.15. The zero-order chi connectivity index (χ0) is 24.1. The summed E-state index contributed by atoms with van der Waals surface area (Å²) in [6.07, 6.45) is 0. The van der Waals surface area contributed by atoms with Crippen molar-refractivity contribution in [1.82, 2.24) is 0 Å². The number of hydrogen-bond donors (Lipinski definition) is 0. The number of nitrogens with zero attached hydrogens (tertiary/aromatic N) is 1. The molecule has 0 aromatic heterocycles. The molecule has 0 unspecified atom stereocenters. The van der Waals surface area contributed by atoms with Gasteiger partial charge >= 0.3 is 0 Å². The highest BCUT2D eigenvalue weighted by Crippen LogP contribution is 2.27. The summed E-state index contributed by atoms with van der Waals surface area (Å²) in [5.74, 6) is 0.365. The number of sulfonamides is 1. The van der Waals surface area contributed by atoms with Gasteiger partial charge in [-0.15, -0.1) is 0 Å². The SMILES string of the molecule is CCOc1ccc(N(C(=O)COc2ccc(C(C)(C)C)cc2)S(=O)(=O)c2ccccc2)cc1. The Morgan fingerprint density at radius 1 is 0.818 bits per heavy atom. The highest BCUT2D eigenvalue weighted by Gasteiger charge is 2.31. The maximum Gasteiger partial charge on any atom is 0.278 e. The summed E-state index contributed by atoms with van der Waals surface area (Å²) >= 11 is 0. The molecule has 0 fully saturated rings. The fraction of sp³-hybridized carbons (Fsp3) is 0.269. The molecule has 0 aliphatic carbocycles. The first-order valence-corrected chi connectivity index (χ1v) is 12.2. The first kappa shape index (κ1) is 24.3. The maximum atomic E-state index is 13.4. The molecule has 3 rings (SSSR count). The molecule has 0 saturated heterocycles. The van der Waals surface area contributed by atoms with Crippen molar-refractivity contribution in [2.24, 2.45) is 0 Å². The van der Waals surface area contributed by atoms with Gasteiger partial charge in [-0.05, 0) is 66.4 Å². The molecule has 7 heteroatoms. The van der Waals surface area contributed by atoms with E-state index in [4.69, 9.17) is 9.47 Å². The van der Waals surface area contributed by atoms with E-state index in [1.165, 1.54) is 12.1 Å². The second-order valence-electron chi connectivity index (χ2n) is 8.47. The molecular formula is C26H29NO5S. The average molecular weight is 468 g/mol. The van der Waals surface area contributed by atoms with E-state index < -0.39 is 22.5 Å². The predicted molar refractivity (Wildman–Crippen MR) is 129 cm³/mol. The molecule has 0 aliphatic heterocycles. The third kappa shape index (κ3) is 5.93. The molecule has 0 N–H and O–H groups in total. The molecule has 0 heterocycles. The average Bonchev–Trinajstić information content (AvgIpc) is 2.79. The normalized spacial score (nSPS) is 11.6. The standard InChI is InChI=1S/C26H29NO5S/c1-5-31-22-17-13-21(14-18-22)27(33(29,30)24-9-7-6-8-10-24)25(28)19-32-23-15-11-20(12-16-23)26(2,3)4/h6-18H,5,19H2,1-4H3. The van der Waals surface area contributed by atoms with Crippen LogP contribution in [0.4, 0.5) is 5.69 Å². The first-order chi connectivity index (χ1) is 15.6. The lowest BCUT2D eigenvalue weighted by atomic mass is 9.87. The summed E-state index contributed by atoms with van der Waals surface area (Å²) in [5.41, 5.74) is 1.32. The van der Waals surface area contributed by atoms with E-state index in [9.17, 15) is 13.2 Å². The van der Waals surface area contributed by atoms with Gasteiger partial charge in [0.05, 0.1) is 17.2 Å². The minimum absolute atomic E-state index is 0.0113. The fourth-order valence-corrected chi connectivity index (χ4v) is 4.65. The summed E-state index contributed by atoms with van der Waals surface area (Å²) in [5, 5.41) is 0. The van der Waals surface area contributed by atoms with Crippen LogP contribution in [0.25, 0.3) is 0 Å². The summed E-state index contributed by atoms with van der Waals surface area (Å²) in [6.45, 7) is 8.22. The Kier molecular flexibility index (Phi) is 7.43. The minimum Gasteiger partial charge on any atom is -0.494 e. The number of benzene rings is 3. The van der Waals surface area contributed by atoms with E-state index in [1.807, 2.05) is 19.1 Å². The Labute approximate surface area is 195 Å². The Morgan fingerprint density at radius 3 is 1.91 bits per heavy atom. The lowest BCUT2D eigenvalue weighted by Gasteiger charge is -2.23. The number of ether oxygens (including phenoxy) is 2. The highest BCUT2D eigenvalue weighted by atomic mass is 32.2. The molecule has 0 atom stereocenters. The van der Waals surface area contributed by atoms with Crippen molar-refractivity contribution in [3.8, 4) is 11.5 Å². The van der Waals surface area contributed by atoms with Gasteiger partial charge in [-0.2, -0.15) is 4.31 Å². The molecule has 0 spiro atoms. The lowest BCUT2D eigenvalue weighted by Crippen LogP contribution is -2.40. The van der Waals surface area contributed by atoms with E-state index in [2.05, 4.69) is 20.8 Å². The van der Waals surface area contributed by atoms with Crippen molar-refractivity contribution in [2.75, 3.05) is 17.5 Å². The number of carbonyl (C=O) groups is 1. The Bertz CT molecular complexity index is 1170. The van der Waals surface area contributed by atoms with Gasteiger partial charge in [-0.25, -0.2) is 8.42 Å². The van der Waals surface area contributed by atoms with Crippen LogP contribution in [0, 0.1) is 0 Å². The van der Waals surface area contributed by atoms with Gasteiger partial charge in [0.15, 0.2) is 6.61 Å². The lowest BCUT2D eigenvalue weighted by molar-refractivity contribution is -0.119. The molecule has 6 nitrogen and oxygen atoms in total. The van der Waals surface area contributed by atoms with Crippen molar-refractivity contribution in [2.45, 2.75) is 38.0 Å². The Morgan fingerprint density at radius 2 is 1.36 bits per heavy atom. The number of anilines is 1. The van der Waals surface area contributed by atoms with Crippen molar-refractivity contribution >= 4 is 21.6 Å². The summed E-state index contributed by atoms with van der Waals surface area (Å²) < 4.78 is 38.6. The van der Waals surface area contributed by atoms with Crippen LogP contribution in [0.15, 0.2) is 83.8 Å². The van der Waals surface area contributed by atoms with E-state index in [0.717, 1.165) is 9.87 Å². The zero-order valence-electron chi connectivity index (χ0n) is 19.3. The predicted octanol–water partition coefficient (Wildman–Crippen LogP) is 5.18. The van der Waals surface area contributed by atoms with Crippen molar-refractivity contribution in [3.63, 3.8) is 0 Å². The van der Waals surface area contributed by atoms with Crippen molar-refractivity contribution in [1.29, 1.82) is 0 Å². The molecule has 0 aliphatic rings. The van der Waals surface area contributed by atoms with Gasteiger partial charge in [0.25, 0.3) is 15.9 Å². The topological polar surface area (TPSA) is 72.9 Å². The molecule has 0 saturated carbocycles. The van der Waals surface area contributed by atoms with E-state index in [0.29, 0.717) is 18.1 Å². The first-order valence-electron chi connectivity index (χ1n) is 10.7. The Balaban J connectivity index is 1.88. The van der Waals surface area contributed by atoms with Crippen LogP contribution in [-0.2, 0) is 20.2 Å². The molecule has 3 aromatic rings. The Hall–Kier alpha value is -3.32. The molecule has 1 amide bonds. The van der Waals surface area contributed by atoms with Gasteiger partial charge < -0.3 is 9.47 Å². The van der Waals surface area contributed by atoms with Crippen LogP contribution in [0.5, 0.6) is 11.5 Å². The van der Waals surface area contributed by atoms with Crippen LogP contribution >= 0.6 is 0 Å².